The van der Waals surface area contributed by atoms with Crippen LogP contribution < -0.4 is 19.9 Å². The van der Waals surface area contributed by atoms with Gasteiger partial charge < -0.3 is 24.4 Å². The van der Waals surface area contributed by atoms with Crippen LogP contribution in [0.4, 0.5) is 0 Å². The lowest BCUT2D eigenvalue weighted by Crippen LogP contribution is -2.21. The molecule has 0 radical (unpaired) electrons. The van der Waals surface area contributed by atoms with Gasteiger partial charge in [-0.25, -0.2) is 4.79 Å². The van der Waals surface area contributed by atoms with E-state index in [1.165, 1.54) is 12.3 Å². The average Bonchev–Trinajstić information content (AvgIpc) is 3.26. The fourth-order valence-electron chi connectivity index (χ4n) is 3.11. The van der Waals surface area contributed by atoms with E-state index in [0.29, 0.717) is 27.8 Å². The molecule has 2 aromatic carbocycles. The number of benzene rings is 2. The van der Waals surface area contributed by atoms with Crippen LogP contribution in [-0.4, -0.2) is 12.6 Å². The van der Waals surface area contributed by atoms with Gasteiger partial charge in [-0.15, -0.1) is 0 Å². The highest BCUT2D eigenvalue weighted by atomic mass is 35.5. The highest BCUT2D eigenvalue weighted by molar-refractivity contribution is 6.32. The second-order valence-electron chi connectivity index (χ2n) is 6.33. The van der Waals surface area contributed by atoms with Gasteiger partial charge in [-0.05, 0) is 30.3 Å². The molecule has 0 fully saturated rings. The van der Waals surface area contributed by atoms with Crippen LogP contribution in [0.1, 0.15) is 17.2 Å². The highest BCUT2D eigenvalue weighted by Crippen LogP contribution is 2.43. The third-order valence-electron chi connectivity index (χ3n) is 4.43. The zero-order valence-electron chi connectivity index (χ0n) is 15.5. The van der Waals surface area contributed by atoms with E-state index in [0.717, 1.165) is 0 Å². The van der Waals surface area contributed by atoms with Crippen molar-refractivity contribution in [3.05, 3.63) is 88.7 Å². The maximum atomic E-state index is 12.2. The first-order chi connectivity index (χ1) is 14.6. The number of carbonyl (C=O) groups excluding carboxylic acids is 1. The highest BCUT2D eigenvalue weighted by Gasteiger charge is 2.32. The zero-order chi connectivity index (χ0) is 21.1. The molecule has 7 nitrogen and oxygen atoms in total. The minimum atomic E-state index is -0.616. The predicted octanol–water partition coefficient (Wildman–Crippen LogP) is 4.14. The van der Waals surface area contributed by atoms with Crippen molar-refractivity contribution in [2.75, 3.05) is 6.61 Å². The number of nitrogens with two attached hydrogens (primary N) is 1. The second-order valence-corrected chi connectivity index (χ2v) is 6.74. The summed E-state index contributed by atoms with van der Waals surface area (Å²) < 4.78 is 21.8. The van der Waals surface area contributed by atoms with Crippen LogP contribution in [0.3, 0.4) is 0 Å². The molecule has 4 rings (SSSR count). The first kappa shape index (κ1) is 19.4. The van der Waals surface area contributed by atoms with E-state index in [9.17, 15) is 10.1 Å². The van der Waals surface area contributed by atoms with Crippen LogP contribution in [0, 0.1) is 11.3 Å². The van der Waals surface area contributed by atoms with Crippen molar-refractivity contribution in [3.8, 4) is 23.3 Å². The molecule has 1 aliphatic rings. The Morgan fingerprint density at radius 1 is 1.20 bits per heavy atom. The topological polar surface area (TPSA) is 108 Å². The molecule has 2 N–H and O–H groups in total. The average molecular weight is 423 g/mol. The monoisotopic (exact) mass is 422 g/mol. The number of esters is 1. The van der Waals surface area contributed by atoms with E-state index in [1.807, 2.05) is 0 Å². The SMILES string of the molecule is N#CC1=C(N)Oc2cc(OC(=O)COc3ccccc3Cl)ccc2C1c1ccco1. The molecule has 1 aliphatic heterocycles. The fraction of sp³-hybridized carbons (Fsp3) is 0.0909. The summed E-state index contributed by atoms with van der Waals surface area (Å²) >= 11 is 6.00. The number of rotatable bonds is 5. The van der Waals surface area contributed by atoms with E-state index < -0.39 is 11.9 Å². The number of nitrogens with zero attached hydrogens (tertiary/aromatic N) is 1. The second kappa shape index (κ2) is 8.23. The van der Waals surface area contributed by atoms with Crippen LogP contribution >= 0.6 is 11.6 Å². The lowest BCUT2D eigenvalue weighted by Gasteiger charge is -2.25. The first-order valence-electron chi connectivity index (χ1n) is 8.89. The third kappa shape index (κ3) is 3.81. The summed E-state index contributed by atoms with van der Waals surface area (Å²) in [7, 11) is 0. The Morgan fingerprint density at radius 3 is 2.77 bits per heavy atom. The molecule has 1 atom stereocenters. The molecule has 0 bridgehead atoms. The van der Waals surface area contributed by atoms with Crippen molar-refractivity contribution >= 4 is 17.6 Å². The number of carbonyl (C=O) groups is 1. The summed E-state index contributed by atoms with van der Waals surface area (Å²) in [5.41, 5.74) is 6.85. The van der Waals surface area contributed by atoms with Gasteiger partial charge in [-0.1, -0.05) is 29.8 Å². The molecule has 0 spiro atoms. The predicted molar refractivity (Wildman–Crippen MR) is 107 cm³/mol. The van der Waals surface area contributed by atoms with Gasteiger partial charge in [0.05, 0.1) is 17.2 Å². The number of hydrogen-bond donors (Lipinski definition) is 1. The zero-order valence-corrected chi connectivity index (χ0v) is 16.3. The largest absolute Gasteiger partial charge is 0.480 e. The third-order valence-corrected chi connectivity index (χ3v) is 4.74. The molecule has 1 unspecified atom stereocenters. The lowest BCUT2D eigenvalue weighted by molar-refractivity contribution is -0.136. The van der Waals surface area contributed by atoms with Crippen molar-refractivity contribution in [2.24, 2.45) is 5.73 Å². The number of halogens is 1. The fourth-order valence-corrected chi connectivity index (χ4v) is 3.30. The molecule has 0 saturated carbocycles. The first-order valence-corrected chi connectivity index (χ1v) is 9.27. The Morgan fingerprint density at radius 2 is 2.03 bits per heavy atom. The summed E-state index contributed by atoms with van der Waals surface area (Å²) in [6.07, 6.45) is 1.52. The van der Waals surface area contributed by atoms with Gasteiger partial charge in [0.2, 0.25) is 5.88 Å². The number of ether oxygens (including phenoxy) is 3. The Labute approximate surface area is 176 Å². The number of para-hydroxylation sites is 1. The molecule has 1 aromatic heterocycles. The molecule has 30 heavy (non-hydrogen) atoms. The van der Waals surface area contributed by atoms with E-state index in [1.54, 1.807) is 48.5 Å². The standard InChI is InChI=1S/C22H15ClN2O5/c23-16-4-1-2-5-17(16)28-12-20(26)29-13-7-8-14-19(10-13)30-22(25)15(11-24)21(14)18-6-3-9-27-18/h1-10,21H,12,25H2. The van der Waals surface area contributed by atoms with Crippen LogP contribution in [0.5, 0.6) is 17.2 Å². The molecule has 3 aromatic rings. The van der Waals surface area contributed by atoms with Gasteiger partial charge in [0, 0.05) is 11.6 Å². The minimum absolute atomic E-state index is 0.0306. The van der Waals surface area contributed by atoms with Crippen LogP contribution in [0.2, 0.25) is 5.02 Å². The van der Waals surface area contributed by atoms with E-state index >= 15 is 0 Å². The Balaban J connectivity index is 1.52. The Kier molecular flexibility index (Phi) is 5.33. The normalized spacial score (nSPS) is 15.0. The number of hydrogen-bond acceptors (Lipinski definition) is 7. The number of nitriles is 1. The number of furan rings is 1. The van der Waals surface area contributed by atoms with Crippen molar-refractivity contribution in [3.63, 3.8) is 0 Å². The van der Waals surface area contributed by atoms with E-state index in [4.69, 9.17) is 36.0 Å². The molecular formula is C22H15ClN2O5. The van der Waals surface area contributed by atoms with Crippen LogP contribution in [0.15, 0.2) is 76.7 Å². The van der Waals surface area contributed by atoms with E-state index in [2.05, 4.69) is 6.07 Å². The molecule has 0 aliphatic carbocycles. The van der Waals surface area contributed by atoms with Crippen molar-refractivity contribution < 1.29 is 23.4 Å². The number of allylic oxidation sites excluding steroid dienone is 1. The van der Waals surface area contributed by atoms with Gasteiger partial charge in [0.1, 0.15) is 34.7 Å². The van der Waals surface area contributed by atoms with Crippen LogP contribution in [-0.2, 0) is 4.79 Å². The smallest absolute Gasteiger partial charge is 0.349 e. The molecular weight excluding hydrogens is 408 g/mol. The summed E-state index contributed by atoms with van der Waals surface area (Å²) in [6.45, 7) is -0.322. The Hall–Kier alpha value is -3.89. The molecule has 2 heterocycles. The summed E-state index contributed by atoms with van der Waals surface area (Å²) in [5, 5.41) is 9.90. The maximum absolute atomic E-state index is 12.2. The van der Waals surface area contributed by atoms with Gasteiger partial charge in [-0.2, -0.15) is 5.26 Å². The van der Waals surface area contributed by atoms with Gasteiger partial charge in [0.15, 0.2) is 6.61 Å². The summed E-state index contributed by atoms with van der Waals surface area (Å²) in [4.78, 5) is 12.2. The molecule has 0 amide bonds. The van der Waals surface area contributed by atoms with Gasteiger partial charge >= 0.3 is 5.97 Å². The van der Waals surface area contributed by atoms with Crippen molar-refractivity contribution in [1.82, 2.24) is 0 Å². The van der Waals surface area contributed by atoms with E-state index in [-0.39, 0.29) is 23.8 Å². The summed E-state index contributed by atoms with van der Waals surface area (Å²) in [6, 6.07) is 17.2. The van der Waals surface area contributed by atoms with Crippen LogP contribution in [0.25, 0.3) is 0 Å². The van der Waals surface area contributed by atoms with Gasteiger partial charge in [0.25, 0.3) is 0 Å². The van der Waals surface area contributed by atoms with Gasteiger partial charge in [-0.3, -0.25) is 0 Å². The molecule has 150 valence electrons. The maximum Gasteiger partial charge on any atom is 0.349 e. The lowest BCUT2D eigenvalue weighted by atomic mass is 9.87. The molecule has 0 saturated heterocycles. The Bertz CT molecular complexity index is 1160. The quantitative estimate of drug-likeness (QED) is 0.486. The summed E-state index contributed by atoms with van der Waals surface area (Å²) in [5.74, 6) is 0.386. The molecule has 8 heteroatoms. The number of fused-ring (bicyclic) bond motifs is 1. The van der Waals surface area contributed by atoms with Crippen molar-refractivity contribution in [2.45, 2.75) is 5.92 Å². The van der Waals surface area contributed by atoms with Crippen molar-refractivity contribution in [1.29, 1.82) is 5.26 Å². The minimum Gasteiger partial charge on any atom is -0.480 e.